The minimum absolute atomic E-state index is 0.129. The van der Waals surface area contributed by atoms with Gasteiger partial charge in [0.1, 0.15) is 12.1 Å². The summed E-state index contributed by atoms with van der Waals surface area (Å²) in [5, 5.41) is 7.44. The predicted molar refractivity (Wildman–Crippen MR) is 89.9 cm³/mol. The molecule has 7 nitrogen and oxygen atoms in total. The Bertz CT molecular complexity index is 865. The number of hydrogen-bond acceptors (Lipinski definition) is 4. The summed E-state index contributed by atoms with van der Waals surface area (Å²) >= 11 is 0. The van der Waals surface area contributed by atoms with Gasteiger partial charge in [0.05, 0.1) is 11.7 Å². The molecule has 0 radical (unpaired) electrons. The molecule has 3 rings (SSSR count). The molecule has 0 spiro atoms. The minimum Gasteiger partial charge on any atom is -0.345 e. The Morgan fingerprint density at radius 1 is 1.29 bits per heavy atom. The van der Waals surface area contributed by atoms with Crippen LogP contribution in [-0.4, -0.2) is 30.2 Å². The fourth-order valence-electron chi connectivity index (χ4n) is 2.86. The monoisotopic (exact) mass is 324 g/mol. The van der Waals surface area contributed by atoms with E-state index in [1.807, 2.05) is 32.5 Å². The van der Waals surface area contributed by atoms with E-state index in [2.05, 4.69) is 20.4 Å². The molecule has 3 aromatic rings. The van der Waals surface area contributed by atoms with Crippen molar-refractivity contribution in [1.29, 1.82) is 0 Å². The molecule has 0 saturated heterocycles. The Labute approximate surface area is 140 Å². The summed E-state index contributed by atoms with van der Waals surface area (Å²) < 4.78 is 3.59. The number of nitrogens with one attached hydrogen (secondary N) is 1. The zero-order valence-electron chi connectivity index (χ0n) is 14.2. The molecule has 0 aliphatic rings. The first-order chi connectivity index (χ1) is 11.5. The van der Waals surface area contributed by atoms with Crippen LogP contribution in [0.2, 0.25) is 0 Å². The lowest BCUT2D eigenvalue weighted by Gasteiger charge is -2.15. The Balaban J connectivity index is 1.81. The first-order valence-corrected chi connectivity index (χ1v) is 7.72. The fourth-order valence-corrected chi connectivity index (χ4v) is 2.86. The van der Waals surface area contributed by atoms with Crippen molar-refractivity contribution in [1.82, 2.24) is 29.6 Å². The lowest BCUT2D eigenvalue weighted by molar-refractivity contribution is 0.0939. The molecule has 124 valence electrons. The summed E-state index contributed by atoms with van der Waals surface area (Å²) in [5.74, 6) is 0.510. The third-order valence-electron chi connectivity index (χ3n) is 4.12. The van der Waals surface area contributed by atoms with Crippen LogP contribution in [0, 0.1) is 13.8 Å². The molecular weight excluding hydrogens is 304 g/mol. The summed E-state index contributed by atoms with van der Waals surface area (Å²) in [6, 6.07) is 3.31. The second-order valence-corrected chi connectivity index (χ2v) is 5.78. The highest BCUT2D eigenvalue weighted by Crippen LogP contribution is 2.21. The SMILES string of the molecule is Cc1nn(C)c(C)c1[C@@H](C)NC(=O)c1ccnc(-n2ccnc2)c1. The highest BCUT2D eigenvalue weighted by atomic mass is 16.1. The second-order valence-electron chi connectivity index (χ2n) is 5.78. The third kappa shape index (κ3) is 2.92. The van der Waals surface area contributed by atoms with Crippen LogP contribution < -0.4 is 5.32 Å². The van der Waals surface area contributed by atoms with E-state index in [0.717, 1.165) is 17.0 Å². The van der Waals surface area contributed by atoms with Gasteiger partial charge in [0.15, 0.2) is 0 Å². The van der Waals surface area contributed by atoms with Crippen LogP contribution in [-0.2, 0) is 7.05 Å². The molecule has 0 aliphatic carbocycles. The molecule has 1 N–H and O–H groups in total. The molecule has 0 saturated carbocycles. The number of amides is 1. The van der Waals surface area contributed by atoms with Crippen LogP contribution >= 0.6 is 0 Å². The molecule has 0 unspecified atom stereocenters. The molecule has 3 heterocycles. The number of aryl methyl sites for hydroxylation is 2. The van der Waals surface area contributed by atoms with Crippen LogP contribution in [0.5, 0.6) is 0 Å². The number of rotatable bonds is 4. The Morgan fingerprint density at radius 3 is 2.71 bits per heavy atom. The zero-order valence-corrected chi connectivity index (χ0v) is 14.2. The number of nitrogens with zero attached hydrogens (tertiary/aromatic N) is 5. The van der Waals surface area contributed by atoms with Gasteiger partial charge in [-0.15, -0.1) is 0 Å². The van der Waals surface area contributed by atoms with Gasteiger partial charge in [-0.3, -0.25) is 14.0 Å². The van der Waals surface area contributed by atoms with E-state index in [0.29, 0.717) is 11.4 Å². The maximum atomic E-state index is 12.6. The van der Waals surface area contributed by atoms with Gasteiger partial charge >= 0.3 is 0 Å². The average molecular weight is 324 g/mol. The van der Waals surface area contributed by atoms with Gasteiger partial charge < -0.3 is 5.32 Å². The Morgan fingerprint density at radius 2 is 2.08 bits per heavy atom. The van der Waals surface area contributed by atoms with Gasteiger partial charge in [0, 0.05) is 42.5 Å². The van der Waals surface area contributed by atoms with Crippen molar-refractivity contribution in [2.75, 3.05) is 0 Å². The van der Waals surface area contributed by atoms with E-state index in [9.17, 15) is 4.79 Å². The summed E-state index contributed by atoms with van der Waals surface area (Å²) in [4.78, 5) is 20.8. The number of aromatic nitrogens is 5. The summed E-state index contributed by atoms with van der Waals surface area (Å²) in [7, 11) is 1.90. The van der Waals surface area contributed by atoms with Crippen LogP contribution in [0.3, 0.4) is 0 Å². The normalized spacial score (nSPS) is 12.2. The Kier molecular flexibility index (Phi) is 4.16. The van der Waals surface area contributed by atoms with Crippen molar-refractivity contribution in [3.8, 4) is 5.82 Å². The molecule has 0 aliphatic heterocycles. The molecule has 24 heavy (non-hydrogen) atoms. The van der Waals surface area contributed by atoms with Crippen molar-refractivity contribution in [3.05, 3.63) is 59.6 Å². The number of carbonyl (C=O) groups excluding carboxylic acids is 1. The number of hydrogen-bond donors (Lipinski definition) is 1. The van der Waals surface area contributed by atoms with Gasteiger partial charge in [-0.1, -0.05) is 0 Å². The van der Waals surface area contributed by atoms with Gasteiger partial charge in [-0.05, 0) is 32.9 Å². The van der Waals surface area contributed by atoms with Gasteiger partial charge in [-0.25, -0.2) is 9.97 Å². The van der Waals surface area contributed by atoms with Crippen LogP contribution in [0.25, 0.3) is 5.82 Å². The molecule has 0 fully saturated rings. The summed E-state index contributed by atoms with van der Waals surface area (Å²) in [5.41, 5.74) is 3.58. The first-order valence-electron chi connectivity index (χ1n) is 7.72. The quantitative estimate of drug-likeness (QED) is 0.797. The zero-order chi connectivity index (χ0) is 17.3. The lowest BCUT2D eigenvalue weighted by atomic mass is 10.1. The van der Waals surface area contributed by atoms with Crippen molar-refractivity contribution in [3.63, 3.8) is 0 Å². The third-order valence-corrected chi connectivity index (χ3v) is 4.12. The van der Waals surface area contributed by atoms with Crippen LogP contribution in [0.4, 0.5) is 0 Å². The minimum atomic E-state index is -0.145. The maximum absolute atomic E-state index is 12.6. The lowest BCUT2D eigenvalue weighted by Crippen LogP contribution is -2.27. The van der Waals surface area contributed by atoms with Gasteiger partial charge in [-0.2, -0.15) is 5.10 Å². The molecule has 7 heteroatoms. The number of pyridine rings is 1. The number of imidazole rings is 1. The van der Waals surface area contributed by atoms with E-state index in [4.69, 9.17) is 0 Å². The van der Waals surface area contributed by atoms with Crippen molar-refractivity contribution in [2.45, 2.75) is 26.8 Å². The highest BCUT2D eigenvalue weighted by Gasteiger charge is 2.19. The standard InChI is InChI=1S/C17H20N6O/c1-11(16-12(2)21-22(4)13(16)3)20-17(24)14-5-6-19-15(9-14)23-8-7-18-10-23/h5-11H,1-4H3,(H,20,24)/t11-/m1/s1. The fraction of sp³-hybridized carbons (Fsp3) is 0.294. The summed E-state index contributed by atoms with van der Waals surface area (Å²) in [6.07, 6.45) is 6.73. The maximum Gasteiger partial charge on any atom is 0.251 e. The van der Waals surface area contributed by atoms with E-state index in [1.54, 1.807) is 41.6 Å². The Hall–Kier alpha value is -2.96. The second kappa shape index (κ2) is 6.27. The predicted octanol–water partition coefficient (Wildman–Crippen LogP) is 2.11. The van der Waals surface area contributed by atoms with Gasteiger partial charge in [0.25, 0.3) is 5.91 Å². The molecule has 3 aromatic heterocycles. The molecular formula is C17H20N6O. The van der Waals surface area contributed by atoms with E-state index >= 15 is 0 Å². The van der Waals surface area contributed by atoms with Crippen LogP contribution in [0.1, 0.15) is 40.3 Å². The molecule has 0 bridgehead atoms. The van der Waals surface area contributed by atoms with Crippen LogP contribution in [0.15, 0.2) is 37.1 Å². The average Bonchev–Trinajstić information content (AvgIpc) is 3.16. The van der Waals surface area contributed by atoms with E-state index < -0.39 is 0 Å². The largest absolute Gasteiger partial charge is 0.345 e. The topological polar surface area (TPSA) is 77.6 Å². The number of carbonyl (C=O) groups is 1. The van der Waals surface area contributed by atoms with Crippen molar-refractivity contribution < 1.29 is 4.79 Å². The van der Waals surface area contributed by atoms with E-state index in [-0.39, 0.29) is 11.9 Å². The van der Waals surface area contributed by atoms with Crippen molar-refractivity contribution >= 4 is 5.91 Å². The van der Waals surface area contributed by atoms with Crippen molar-refractivity contribution in [2.24, 2.45) is 7.05 Å². The first kappa shape index (κ1) is 15.9. The molecule has 1 amide bonds. The molecule has 0 aromatic carbocycles. The van der Waals surface area contributed by atoms with Gasteiger partial charge in [0.2, 0.25) is 0 Å². The molecule has 1 atom stereocenters. The smallest absolute Gasteiger partial charge is 0.251 e. The highest BCUT2D eigenvalue weighted by molar-refractivity contribution is 5.94. The summed E-state index contributed by atoms with van der Waals surface area (Å²) in [6.45, 7) is 5.92. The van der Waals surface area contributed by atoms with E-state index in [1.165, 1.54) is 0 Å².